The minimum Gasteiger partial charge on any atom is -0.338 e. The molecule has 2 rings (SSSR count). The summed E-state index contributed by atoms with van der Waals surface area (Å²) >= 11 is 0. The van der Waals surface area contributed by atoms with Crippen LogP contribution in [0.4, 0.5) is 0 Å². The smallest absolute Gasteiger partial charge is 0.243 e. The summed E-state index contributed by atoms with van der Waals surface area (Å²) in [6, 6.07) is 9.89. The van der Waals surface area contributed by atoms with Gasteiger partial charge in [-0.2, -0.15) is 4.98 Å². The summed E-state index contributed by atoms with van der Waals surface area (Å²) in [6.07, 6.45) is 1.48. The second-order valence-corrected chi connectivity index (χ2v) is 3.73. The Balaban J connectivity index is 2.09. The second-order valence-electron chi connectivity index (χ2n) is 3.73. The van der Waals surface area contributed by atoms with Crippen molar-refractivity contribution in [2.45, 2.75) is 25.8 Å². The molecule has 0 amide bonds. The monoisotopic (exact) mass is 217 g/mol. The summed E-state index contributed by atoms with van der Waals surface area (Å²) in [5.74, 6) is 1.21. The predicted molar refractivity (Wildman–Crippen MR) is 60.8 cm³/mol. The first-order valence-corrected chi connectivity index (χ1v) is 5.41. The molecule has 4 heteroatoms. The highest BCUT2D eigenvalue weighted by Gasteiger charge is 2.12. The molecule has 0 aliphatic heterocycles. The summed E-state index contributed by atoms with van der Waals surface area (Å²) in [4.78, 5) is 4.27. The average Bonchev–Trinajstić information content (AvgIpc) is 2.78. The van der Waals surface area contributed by atoms with E-state index >= 15 is 0 Å². The fourth-order valence-electron chi connectivity index (χ4n) is 1.44. The summed E-state index contributed by atoms with van der Waals surface area (Å²) in [5.41, 5.74) is 6.97. The number of nitrogens with two attached hydrogens (primary N) is 1. The maximum atomic E-state index is 5.80. The molecule has 2 N–H and O–H groups in total. The van der Waals surface area contributed by atoms with E-state index in [1.807, 2.05) is 37.3 Å². The van der Waals surface area contributed by atoms with Crippen LogP contribution in [0.1, 0.15) is 36.7 Å². The van der Waals surface area contributed by atoms with Gasteiger partial charge < -0.3 is 10.3 Å². The van der Waals surface area contributed by atoms with Crippen molar-refractivity contribution in [2.75, 3.05) is 0 Å². The molecule has 1 atom stereocenters. The Morgan fingerprint density at radius 3 is 2.75 bits per heavy atom. The van der Waals surface area contributed by atoms with Crippen LogP contribution in [0.3, 0.4) is 0 Å². The molecule has 0 unspecified atom stereocenters. The van der Waals surface area contributed by atoms with Crippen LogP contribution in [0.25, 0.3) is 0 Å². The van der Waals surface area contributed by atoms with E-state index in [4.69, 9.17) is 10.3 Å². The first-order valence-electron chi connectivity index (χ1n) is 5.41. The summed E-state index contributed by atoms with van der Waals surface area (Å²) in [7, 11) is 0. The van der Waals surface area contributed by atoms with E-state index in [9.17, 15) is 0 Å². The van der Waals surface area contributed by atoms with Crippen molar-refractivity contribution in [3.8, 4) is 0 Å². The van der Waals surface area contributed by atoms with Crippen molar-refractivity contribution >= 4 is 0 Å². The van der Waals surface area contributed by atoms with Gasteiger partial charge in [0.25, 0.3) is 0 Å². The lowest BCUT2D eigenvalue weighted by Crippen LogP contribution is -2.08. The van der Waals surface area contributed by atoms with Gasteiger partial charge in [-0.3, -0.25) is 0 Å². The average molecular weight is 217 g/mol. The molecule has 0 aliphatic rings. The molecule has 4 nitrogen and oxygen atoms in total. The topological polar surface area (TPSA) is 64.9 Å². The molecule has 1 aromatic heterocycles. The third kappa shape index (κ3) is 2.46. The molecule has 2 aromatic rings. The molecule has 0 radical (unpaired) electrons. The third-order valence-electron chi connectivity index (χ3n) is 2.45. The van der Waals surface area contributed by atoms with Crippen molar-refractivity contribution in [2.24, 2.45) is 5.73 Å². The molecule has 84 valence electrons. The molecule has 0 bridgehead atoms. The predicted octanol–water partition coefficient (Wildman–Crippen LogP) is 2.07. The highest BCUT2D eigenvalue weighted by molar-refractivity contribution is 5.18. The first kappa shape index (κ1) is 10.8. The maximum Gasteiger partial charge on any atom is 0.243 e. The molecule has 1 heterocycles. The van der Waals surface area contributed by atoms with Crippen molar-refractivity contribution < 1.29 is 4.52 Å². The van der Waals surface area contributed by atoms with Crippen LogP contribution < -0.4 is 5.73 Å². The minimum atomic E-state index is -0.156. The van der Waals surface area contributed by atoms with Gasteiger partial charge in [0.2, 0.25) is 5.89 Å². The zero-order valence-electron chi connectivity index (χ0n) is 9.26. The molecule has 1 aromatic carbocycles. The second kappa shape index (κ2) is 4.90. The van der Waals surface area contributed by atoms with Crippen LogP contribution >= 0.6 is 0 Å². The van der Waals surface area contributed by atoms with Gasteiger partial charge in [0.15, 0.2) is 5.82 Å². The van der Waals surface area contributed by atoms with E-state index in [-0.39, 0.29) is 6.04 Å². The van der Waals surface area contributed by atoms with E-state index in [0.29, 0.717) is 18.1 Å². The van der Waals surface area contributed by atoms with E-state index in [2.05, 4.69) is 10.1 Å². The van der Waals surface area contributed by atoms with Gasteiger partial charge >= 0.3 is 0 Å². The van der Waals surface area contributed by atoms with Crippen molar-refractivity contribution in [1.82, 2.24) is 10.1 Å². The lowest BCUT2D eigenvalue weighted by atomic mass is 10.1. The molecule has 0 saturated heterocycles. The zero-order valence-corrected chi connectivity index (χ0v) is 9.26. The summed E-state index contributed by atoms with van der Waals surface area (Å²) in [5, 5.41) is 3.91. The summed E-state index contributed by atoms with van der Waals surface area (Å²) < 4.78 is 5.10. The van der Waals surface area contributed by atoms with Crippen LogP contribution in [0.15, 0.2) is 34.9 Å². The number of hydrogen-bond acceptors (Lipinski definition) is 4. The number of nitrogens with zero attached hydrogens (tertiary/aromatic N) is 2. The molecule has 0 fully saturated rings. The largest absolute Gasteiger partial charge is 0.338 e. The van der Waals surface area contributed by atoms with Gasteiger partial charge in [-0.05, 0) is 12.0 Å². The minimum absolute atomic E-state index is 0.156. The van der Waals surface area contributed by atoms with E-state index in [1.54, 1.807) is 0 Å². The lowest BCUT2D eigenvalue weighted by Gasteiger charge is -1.99. The Morgan fingerprint density at radius 2 is 2.06 bits per heavy atom. The number of aromatic nitrogens is 2. The Morgan fingerprint density at radius 1 is 1.31 bits per heavy atom. The van der Waals surface area contributed by atoms with E-state index in [1.165, 1.54) is 5.56 Å². The number of rotatable bonds is 4. The van der Waals surface area contributed by atoms with Crippen LogP contribution in [0.5, 0.6) is 0 Å². The van der Waals surface area contributed by atoms with Crippen molar-refractivity contribution in [3.05, 3.63) is 47.6 Å². The Hall–Kier alpha value is -1.68. The van der Waals surface area contributed by atoms with E-state index < -0.39 is 0 Å². The van der Waals surface area contributed by atoms with Gasteiger partial charge in [-0.15, -0.1) is 0 Å². The quantitative estimate of drug-likeness (QED) is 0.851. The molecule has 0 saturated carbocycles. The highest BCUT2D eigenvalue weighted by atomic mass is 16.5. The molecule has 0 spiro atoms. The Bertz CT molecular complexity index is 439. The van der Waals surface area contributed by atoms with Crippen LogP contribution in [-0.2, 0) is 6.42 Å². The van der Waals surface area contributed by atoms with Crippen LogP contribution in [0, 0.1) is 0 Å². The van der Waals surface area contributed by atoms with Gasteiger partial charge in [-0.25, -0.2) is 0 Å². The van der Waals surface area contributed by atoms with Gasteiger partial charge in [0.1, 0.15) is 0 Å². The normalized spacial score (nSPS) is 12.6. The van der Waals surface area contributed by atoms with Gasteiger partial charge in [0.05, 0.1) is 6.04 Å². The maximum absolute atomic E-state index is 5.80. The molecular formula is C12H15N3O. The SMILES string of the molecule is CC[C@@H](N)c1nc(Cc2ccccc2)no1. The van der Waals surface area contributed by atoms with Crippen LogP contribution in [-0.4, -0.2) is 10.1 Å². The lowest BCUT2D eigenvalue weighted by molar-refractivity contribution is 0.348. The highest BCUT2D eigenvalue weighted by Crippen LogP contribution is 2.12. The van der Waals surface area contributed by atoms with Crippen molar-refractivity contribution in [3.63, 3.8) is 0 Å². The van der Waals surface area contributed by atoms with E-state index in [0.717, 1.165) is 6.42 Å². The molecule has 0 aliphatic carbocycles. The van der Waals surface area contributed by atoms with Crippen molar-refractivity contribution in [1.29, 1.82) is 0 Å². The van der Waals surface area contributed by atoms with Crippen LogP contribution in [0.2, 0.25) is 0 Å². The standard InChI is InChI=1S/C12H15N3O/c1-2-10(13)12-14-11(15-16-12)8-9-6-4-3-5-7-9/h3-7,10H,2,8,13H2,1H3/t10-/m1/s1. The fourth-order valence-corrected chi connectivity index (χ4v) is 1.44. The molecular weight excluding hydrogens is 202 g/mol. The molecule has 16 heavy (non-hydrogen) atoms. The first-order chi connectivity index (χ1) is 7.79. The zero-order chi connectivity index (χ0) is 11.4. The number of benzene rings is 1. The Labute approximate surface area is 94.5 Å². The Kier molecular flexibility index (Phi) is 3.31. The fraction of sp³-hybridized carbons (Fsp3) is 0.333. The summed E-state index contributed by atoms with van der Waals surface area (Å²) in [6.45, 7) is 1.99. The van der Waals surface area contributed by atoms with Gasteiger partial charge in [-0.1, -0.05) is 42.4 Å². The van der Waals surface area contributed by atoms with Gasteiger partial charge in [0, 0.05) is 6.42 Å². The number of hydrogen-bond donors (Lipinski definition) is 1. The third-order valence-corrected chi connectivity index (χ3v) is 2.45.